The fraction of sp³-hybridized carbons (Fsp3) is 0.457. The van der Waals surface area contributed by atoms with Gasteiger partial charge in [-0.15, -0.1) is 0 Å². The van der Waals surface area contributed by atoms with Gasteiger partial charge in [0.15, 0.2) is 9.84 Å². The number of sulfone groups is 1. The maximum absolute atomic E-state index is 14.1. The molecule has 1 unspecified atom stereocenters. The lowest BCUT2D eigenvalue weighted by Crippen LogP contribution is -2.57. The summed E-state index contributed by atoms with van der Waals surface area (Å²) >= 11 is 0. The summed E-state index contributed by atoms with van der Waals surface area (Å²) in [6.45, 7) is 6.05. The number of sulfonamides is 1. The van der Waals surface area contributed by atoms with Crippen LogP contribution in [-0.4, -0.2) is 63.6 Å². The van der Waals surface area contributed by atoms with Crippen molar-refractivity contribution in [3.8, 4) is 0 Å². The number of halogens is 2. The van der Waals surface area contributed by atoms with E-state index in [4.69, 9.17) is 0 Å². The Morgan fingerprint density at radius 1 is 0.812 bits per heavy atom. The van der Waals surface area contributed by atoms with Gasteiger partial charge in [0, 0.05) is 19.2 Å². The molecule has 3 atom stereocenters. The van der Waals surface area contributed by atoms with Gasteiger partial charge in [0.2, 0.25) is 15.9 Å². The predicted octanol–water partition coefficient (Wildman–Crippen LogP) is 4.44. The van der Waals surface area contributed by atoms with Crippen LogP contribution < -0.4 is 15.4 Å². The van der Waals surface area contributed by atoms with Crippen molar-refractivity contribution in [2.24, 2.45) is 0 Å². The number of hydrogen-bond acceptors (Lipinski definition) is 7. The summed E-state index contributed by atoms with van der Waals surface area (Å²) in [6, 6.07) is 15.0. The number of aliphatic hydroxyl groups is 1. The van der Waals surface area contributed by atoms with Crippen LogP contribution in [0.15, 0.2) is 77.7 Å². The predicted molar refractivity (Wildman–Crippen MR) is 183 cm³/mol. The van der Waals surface area contributed by atoms with Crippen LogP contribution in [-0.2, 0) is 44.0 Å². The molecule has 9 nitrogen and oxygen atoms in total. The van der Waals surface area contributed by atoms with Crippen LogP contribution in [0.1, 0.15) is 63.1 Å². The molecule has 0 aliphatic rings. The fourth-order valence-corrected chi connectivity index (χ4v) is 9.03. The minimum Gasteiger partial charge on any atom is -0.390 e. The number of carbonyl (C=O) groups excluding carboxylic acids is 1. The molecule has 264 valence electrons. The first-order valence-electron chi connectivity index (χ1n) is 16.3. The molecule has 3 rings (SSSR count). The van der Waals surface area contributed by atoms with E-state index in [0.29, 0.717) is 38.3 Å². The van der Waals surface area contributed by atoms with Crippen molar-refractivity contribution in [1.82, 2.24) is 15.4 Å². The van der Waals surface area contributed by atoms with E-state index in [1.165, 1.54) is 24.3 Å². The zero-order chi connectivity index (χ0) is 35.3. The molecule has 0 saturated heterocycles. The number of aryl methyl sites for hydroxylation is 1. The average Bonchev–Trinajstić information content (AvgIpc) is 3.03. The average molecular weight is 708 g/mol. The van der Waals surface area contributed by atoms with Crippen molar-refractivity contribution in [3.05, 3.63) is 101 Å². The van der Waals surface area contributed by atoms with Crippen molar-refractivity contribution >= 4 is 25.8 Å². The maximum Gasteiger partial charge on any atom is 0.241 e. The van der Waals surface area contributed by atoms with E-state index >= 15 is 0 Å². The number of rotatable bonds is 20. The third kappa shape index (κ3) is 12.0. The normalized spacial score (nSPS) is 14.1. The first kappa shape index (κ1) is 39.2. The van der Waals surface area contributed by atoms with Gasteiger partial charge in [-0.1, -0.05) is 76.1 Å². The largest absolute Gasteiger partial charge is 0.390 e. The van der Waals surface area contributed by atoms with E-state index in [2.05, 4.69) is 15.4 Å². The van der Waals surface area contributed by atoms with Crippen LogP contribution in [0.4, 0.5) is 8.78 Å². The molecule has 4 N–H and O–H groups in total. The Balaban J connectivity index is 1.92. The van der Waals surface area contributed by atoms with Crippen LogP contribution in [0.2, 0.25) is 0 Å². The molecular weight excluding hydrogens is 661 g/mol. The van der Waals surface area contributed by atoms with Crippen molar-refractivity contribution in [1.29, 1.82) is 0 Å². The Bertz CT molecular complexity index is 1670. The number of carbonyl (C=O) groups is 1. The highest BCUT2D eigenvalue weighted by Crippen LogP contribution is 2.19. The second-order valence-corrected chi connectivity index (χ2v) is 16.0. The first-order valence-corrected chi connectivity index (χ1v) is 19.5. The standard InChI is InChI=1S/C35H47F2N3O6S2/c1-4-11-30(12-5-2)47(43,44)24-33(40-48(45,46)31-15-8-7-9-16-31)35(42)39-32(20-27-18-28(36)21-29(37)19-27)34(41)23-38-22-26-14-10-13-25(6-3)17-26/h7-10,13-19,21,30,32-34,38,40-41H,4-6,11-12,20,22-24H2,1-3H3,(H,39,42)/t32-,33-,34?/m0/s1. The molecule has 0 saturated carbocycles. The van der Waals surface area contributed by atoms with Gasteiger partial charge in [0.05, 0.1) is 28.0 Å². The van der Waals surface area contributed by atoms with Gasteiger partial charge in [-0.3, -0.25) is 4.79 Å². The fourth-order valence-electron chi connectivity index (χ4n) is 5.55. The lowest BCUT2D eigenvalue weighted by Gasteiger charge is -2.28. The third-order valence-electron chi connectivity index (χ3n) is 8.05. The van der Waals surface area contributed by atoms with Crippen molar-refractivity contribution in [2.75, 3.05) is 12.3 Å². The summed E-state index contributed by atoms with van der Waals surface area (Å²) in [5.74, 6) is -3.52. The Labute approximate surface area is 283 Å². The highest BCUT2D eigenvalue weighted by Gasteiger charge is 2.36. The molecule has 13 heteroatoms. The third-order valence-corrected chi connectivity index (χ3v) is 11.8. The molecule has 0 fully saturated rings. The van der Waals surface area contributed by atoms with Crippen molar-refractivity contribution in [3.63, 3.8) is 0 Å². The second kappa shape index (κ2) is 18.5. The van der Waals surface area contributed by atoms with E-state index in [9.17, 15) is 35.5 Å². The van der Waals surface area contributed by atoms with Crippen LogP contribution in [0.3, 0.4) is 0 Å². The molecule has 3 aromatic rings. The minimum absolute atomic E-state index is 0.0487. The maximum atomic E-state index is 14.1. The summed E-state index contributed by atoms with van der Waals surface area (Å²) < 4.78 is 84.4. The molecule has 1 amide bonds. The molecule has 0 heterocycles. The lowest BCUT2D eigenvalue weighted by atomic mass is 10.00. The SMILES string of the molecule is CCCC(CCC)S(=O)(=O)C[C@H](NS(=O)(=O)c1ccccc1)C(=O)N[C@@H](Cc1cc(F)cc(F)c1)C(O)CNCc1cccc(CC)c1. The monoisotopic (exact) mass is 707 g/mol. The summed E-state index contributed by atoms with van der Waals surface area (Å²) in [5.41, 5.74) is 2.23. The summed E-state index contributed by atoms with van der Waals surface area (Å²) in [4.78, 5) is 13.7. The Kier molecular flexibility index (Phi) is 15.1. The van der Waals surface area contributed by atoms with Gasteiger partial charge in [0.1, 0.15) is 17.7 Å². The number of amides is 1. The minimum atomic E-state index is -4.35. The Hall–Kier alpha value is -3.23. The van der Waals surface area contributed by atoms with E-state index < -0.39 is 66.6 Å². The topological polar surface area (TPSA) is 142 Å². The molecule has 0 aliphatic heterocycles. The van der Waals surface area contributed by atoms with Crippen LogP contribution in [0.5, 0.6) is 0 Å². The number of aliphatic hydroxyl groups excluding tert-OH is 1. The van der Waals surface area contributed by atoms with E-state index in [1.54, 1.807) is 6.07 Å². The van der Waals surface area contributed by atoms with Gasteiger partial charge in [-0.2, -0.15) is 4.72 Å². The number of nitrogens with one attached hydrogen (secondary N) is 3. The van der Waals surface area contributed by atoms with Gasteiger partial charge >= 0.3 is 0 Å². The summed E-state index contributed by atoms with van der Waals surface area (Å²) in [7, 11) is -8.34. The van der Waals surface area contributed by atoms with Crippen molar-refractivity contribution in [2.45, 2.75) is 94.2 Å². The van der Waals surface area contributed by atoms with Crippen LogP contribution in [0, 0.1) is 11.6 Å². The van der Waals surface area contributed by atoms with E-state index in [1.807, 2.05) is 45.0 Å². The van der Waals surface area contributed by atoms with Gasteiger partial charge in [-0.25, -0.2) is 25.6 Å². The quantitative estimate of drug-likeness (QED) is 0.136. The molecule has 0 aromatic heterocycles. The zero-order valence-electron chi connectivity index (χ0n) is 27.7. The summed E-state index contributed by atoms with van der Waals surface area (Å²) in [6.07, 6.45) is 1.14. The molecule has 48 heavy (non-hydrogen) atoms. The van der Waals surface area contributed by atoms with E-state index in [0.717, 1.165) is 29.7 Å². The van der Waals surface area contributed by atoms with Crippen LogP contribution in [0.25, 0.3) is 0 Å². The molecule has 0 bridgehead atoms. The van der Waals surface area contributed by atoms with Gasteiger partial charge in [0.25, 0.3) is 0 Å². The molecular formula is C35H47F2N3O6S2. The van der Waals surface area contributed by atoms with Gasteiger partial charge < -0.3 is 15.7 Å². The van der Waals surface area contributed by atoms with Gasteiger partial charge in [-0.05, 0) is 66.6 Å². The molecule has 0 spiro atoms. The number of hydrogen-bond donors (Lipinski definition) is 4. The zero-order valence-corrected chi connectivity index (χ0v) is 29.3. The Morgan fingerprint density at radius 3 is 2.04 bits per heavy atom. The van der Waals surface area contributed by atoms with E-state index in [-0.39, 0.29) is 23.4 Å². The molecule has 0 aliphatic carbocycles. The highest BCUT2D eigenvalue weighted by molar-refractivity contribution is 7.92. The second-order valence-electron chi connectivity index (χ2n) is 12.0. The Morgan fingerprint density at radius 2 is 1.44 bits per heavy atom. The van der Waals surface area contributed by atoms with Crippen molar-refractivity contribution < 1.29 is 35.5 Å². The summed E-state index contributed by atoms with van der Waals surface area (Å²) in [5, 5.41) is 16.2. The lowest BCUT2D eigenvalue weighted by molar-refractivity contribution is -0.123. The smallest absolute Gasteiger partial charge is 0.241 e. The first-order chi connectivity index (χ1) is 22.8. The number of benzene rings is 3. The molecule has 3 aromatic carbocycles. The van der Waals surface area contributed by atoms with Crippen LogP contribution >= 0.6 is 0 Å². The highest BCUT2D eigenvalue weighted by atomic mass is 32.2. The molecule has 0 radical (unpaired) electrons.